The van der Waals surface area contributed by atoms with Crippen molar-refractivity contribution >= 4 is 39.3 Å². The average molecular weight is 492 g/mol. The monoisotopic (exact) mass is 491 g/mol. The maximum absolute atomic E-state index is 12.6. The molecule has 160 valence electrons. The standard InChI is InChI=1S/C24H18BrN3O4/c1-16-11-20(28(30)31)8-9-22(16)27-24(29)19(14-26)12-18-7-10-23(21(25)13-18)32-15-17-5-3-2-4-6-17/h2-13H,15H2,1H3,(H,27,29). The fraction of sp³-hybridized carbons (Fsp3) is 0.0833. The lowest BCUT2D eigenvalue weighted by Crippen LogP contribution is -2.14. The molecule has 32 heavy (non-hydrogen) atoms. The van der Waals surface area contributed by atoms with Gasteiger partial charge in [-0.05, 0) is 63.8 Å². The number of nitriles is 1. The number of hydrogen-bond acceptors (Lipinski definition) is 5. The normalized spacial score (nSPS) is 10.8. The highest BCUT2D eigenvalue weighted by Gasteiger charge is 2.14. The number of hydrogen-bond donors (Lipinski definition) is 1. The summed E-state index contributed by atoms with van der Waals surface area (Å²) in [6, 6.07) is 21.0. The van der Waals surface area contributed by atoms with Crippen molar-refractivity contribution < 1.29 is 14.5 Å². The van der Waals surface area contributed by atoms with Crippen molar-refractivity contribution in [3.05, 3.63) is 104 Å². The van der Waals surface area contributed by atoms with E-state index in [0.29, 0.717) is 33.6 Å². The molecule has 3 aromatic rings. The van der Waals surface area contributed by atoms with Crippen LogP contribution in [-0.2, 0) is 11.4 Å². The maximum atomic E-state index is 12.6. The zero-order valence-electron chi connectivity index (χ0n) is 17.0. The summed E-state index contributed by atoms with van der Waals surface area (Å²) < 4.78 is 6.50. The third-order valence-corrected chi connectivity index (χ3v) is 5.16. The molecule has 7 nitrogen and oxygen atoms in total. The SMILES string of the molecule is Cc1cc([N+](=O)[O-])ccc1NC(=O)C(C#N)=Cc1ccc(OCc2ccccc2)c(Br)c1. The zero-order valence-corrected chi connectivity index (χ0v) is 18.6. The van der Waals surface area contributed by atoms with Crippen LogP contribution in [0.1, 0.15) is 16.7 Å². The number of anilines is 1. The Labute approximate surface area is 193 Å². The van der Waals surface area contributed by atoms with Crippen LogP contribution in [0.15, 0.2) is 76.8 Å². The molecule has 0 aromatic heterocycles. The van der Waals surface area contributed by atoms with Gasteiger partial charge in [0.15, 0.2) is 0 Å². The van der Waals surface area contributed by atoms with Crippen LogP contribution in [0, 0.1) is 28.4 Å². The summed E-state index contributed by atoms with van der Waals surface area (Å²) in [4.78, 5) is 22.9. The molecule has 0 heterocycles. The fourth-order valence-electron chi connectivity index (χ4n) is 2.87. The number of nitrogens with zero attached hydrogens (tertiary/aromatic N) is 2. The molecule has 3 rings (SSSR count). The Kier molecular flexibility index (Phi) is 7.37. The molecular weight excluding hydrogens is 474 g/mol. The summed E-state index contributed by atoms with van der Waals surface area (Å²) in [5.74, 6) is 0.0282. The minimum atomic E-state index is -0.607. The zero-order chi connectivity index (χ0) is 23.1. The van der Waals surface area contributed by atoms with E-state index >= 15 is 0 Å². The number of amides is 1. The Balaban J connectivity index is 1.72. The molecule has 3 aromatic carbocycles. The topological polar surface area (TPSA) is 105 Å². The van der Waals surface area contributed by atoms with Crippen molar-refractivity contribution in [2.24, 2.45) is 0 Å². The predicted octanol–water partition coefficient (Wildman–Crippen LogP) is 5.79. The third kappa shape index (κ3) is 5.80. The molecular formula is C24H18BrN3O4. The van der Waals surface area contributed by atoms with Gasteiger partial charge in [0.2, 0.25) is 0 Å². The predicted molar refractivity (Wildman–Crippen MR) is 125 cm³/mol. The van der Waals surface area contributed by atoms with Crippen LogP contribution >= 0.6 is 15.9 Å². The minimum absolute atomic E-state index is 0.0732. The number of benzene rings is 3. The summed E-state index contributed by atoms with van der Waals surface area (Å²) in [6.07, 6.45) is 1.46. The van der Waals surface area contributed by atoms with Gasteiger partial charge in [0.25, 0.3) is 11.6 Å². The first kappa shape index (κ1) is 22.7. The van der Waals surface area contributed by atoms with Gasteiger partial charge < -0.3 is 10.1 Å². The number of halogens is 1. The van der Waals surface area contributed by atoms with E-state index in [9.17, 15) is 20.2 Å². The van der Waals surface area contributed by atoms with Gasteiger partial charge in [-0.25, -0.2) is 0 Å². The van der Waals surface area contributed by atoms with Crippen molar-refractivity contribution in [3.8, 4) is 11.8 Å². The maximum Gasteiger partial charge on any atom is 0.269 e. The Bertz CT molecular complexity index is 1230. The van der Waals surface area contributed by atoms with E-state index in [-0.39, 0.29) is 11.3 Å². The van der Waals surface area contributed by atoms with Crippen molar-refractivity contribution in [2.75, 3.05) is 5.32 Å². The Hall–Kier alpha value is -3.96. The van der Waals surface area contributed by atoms with Crippen LogP contribution in [-0.4, -0.2) is 10.8 Å². The van der Waals surface area contributed by atoms with Crippen molar-refractivity contribution in [1.29, 1.82) is 5.26 Å². The van der Waals surface area contributed by atoms with E-state index in [4.69, 9.17) is 4.74 Å². The van der Waals surface area contributed by atoms with Crippen LogP contribution in [0.5, 0.6) is 5.75 Å². The average Bonchev–Trinajstić information content (AvgIpc) is 2.78. The number of ether oxygens (including phenoxy) is 1. The van der Waals surface area contributed by atoms with Gasteiger partial charge >= 0.3 is 0 Å². The molecule has 0 radical (unpaired) electrons. The molecule has 0 atom stereocenters. The Morgan fingerprint density at radius 1 is 1.19 bits per heavy atom. The number of nitro benzene ring substituents is 1. The number of aryl methyl sites for hydroxylation is 1. The summed E-state index contributed by atoms with van der Waals surface area (Å²) in [5.41, 5.74) is 2.41. The van der Waals surface area contributed by atoms with Gasteiger partial charge in [-0.3, -0.25) is 14.9 Å². The molecule has 0 unspecified atom stereocenters. The first-order valence-corrected chi connectivity index (χ1v) is 10.3. The van der Waals surface area contributed by atoms with Crippen LogP contribution in [0.25, 0.3) is 6.08 Å². The van der Waals surface area contributed by atoms with E-state index < -0.39 is 10.8 Å². The highest BCUT2D eigenvalue weighted by atomic mass is 79.9. The fourth-order valence-corrected chi connectivity index (χ4v) is 3.38. The van der Waals surface area contributed by atoms with Crippen LogP contribution < -0.4 is 10.1 Å². The number of rotatable bonds is 7. The number of carbonyl (C=O) groups is 1. The minimum Gasteiger partial charge on any atom is -0.488 e. The molecule has 0 bridgehead atoms. The van der Waals surface area contributed by atoms with E-state index in [2.05, 4.69) is 21.2 Å². The quantitative estimate of drug-likeness (QED) is 0.195. The lowest BCUT2D eigenvalue weighted by molar-refractivity contribution is -0.384. The summed E-state index contributed by atoms with van der Waals surface area (Å²) in [5, 5.41) is 22.9. The van der Waals surface area contributed by atoms with Gasteiger partial charge in [-0.1, -0.05) is 36.4 Å². The molecule has 0 aliphatic carbocycles. The molecule has 0 spiro atoms. The van der Waals surface area contributed by atoms with Gasteiger partial charge in [-0.2, -0.15) is 5.26 Å². The van der Waals surface area contributed by atoms with E-state index in [1.54, 1.807) is 25.1 Å². The smallest absolute Gasteiger partial charge is 0.269 e. The Morgan fingerprint density at radius 3 is 2.56 bits per heavy atom. The number of non-ortho nitro benzene ring substituents is 1. The van der Waals surface area contributed by atoms with E-state index in [0.717, 1.165) is 5.56 Å². The number of carbonyl (C=O) groups excluding carboxylic acids is 1. The molecule has 1 amide bonds. The Morgan fingerprint density at radius 2 is 1.94 bits per heavy atom. The van der Waals surface area contributed by atoms with E-state index in [1.807, 2.05) is 36.4 Å². The van der Waals surface area contributed by atoms with Crippen LogP contribution in [0.4, 0.5) is 11.4 Å². The first-order valence-electron chi connectivity index (χ1n) is 9.52. The summed E-state index contributed by atoms with van der Waals surface area (Å²) in [7, 11) is 0. The second-order valence-electron chi connectivity index (χ2n) is 6.84. The van der Waals surface area contributed by atoms with Crippen molar-refractivity contribution in [3.63, 3.8) is 0 Å². The highest BCUT2D eigenvalue weighted by Crippen LogP contribution is 2.28. The van der Waals surface area contributed by atoms with E-state index in [1.165, 1.54) is 24.3 Å². The molecule has 1 N–H and O–H groups in total. The summed E-state index contributed by atoms with van der Waals surface area (Å²) in [6.45, 7) is 2.05. The second-order valence-corrected chi connectivity index (χ2v) is 7.70. The largest absolute Gasteiger partial charge is 0.488 e. The number of nitrogens with one attached hydrogen (secondary N) is 1. The molecule has 8 heteroatoms. The van der Waals surface area contributed by atoms with Crippen molar-refractivity contribution in [1.82, 2.24) is 0 Å². The third-order valence-electron chi connectivity index (χ3n) is 4.54. The van der Waals surface area contributed by atoms with Gasteiger partial charge in [-0.15, -0.1) is 0 Å². The molecule has 0 aliphatic rings. The van der Waals surface area contributed by atoms with Gasteiger partial charge in [0, 0.05) is 17.8 Å². The summed E-state index contributed by atoms with van der Waals surface area (Å²) >= 11 is 3.46. The highest BCUT2D eigenvalue weighted by molar-refractivity contribution is 9.10. The first-order chi connectivity index (χ1) is 15.4. The lowest BCUT2D eigenvalue weighted by atomic mass is 10.1. The van der Waals surface area contributed by atoms with Gasteiger partial charge in [0.1, 0.15) is 24.0 Å². The molecule has 0 fully saturated rings. The van der Waals surface area contributed by atoms with Crippen LogP contribution in [0.3, 0.4) is 0 Å². The number of nitro groups is 1. The van der Waals surface area contributed by atoms with Crippen molar-refractivity contribution in [2.45, 2.75) is 13.5 Å². The van der Waals surface area contributed by atoms with Crippen LogP contribution in [0.2, 0.25) is 0 Å². The molecule has 0 saturated carbocycles. The molecule has 0 aliphatic heterocycles. The molecule has 0 saturated heterocycles. The lowest BCUT2D eigenvalue weighted by Gasteiger charge is -2.10. The van der Waals surface area contributed by atoms with Gasteiger partial charge in [0.05, 0.1) is 9.40 Å². The second kappa shape index (κ2) is 10.4.